The molecule has 0 aliphatic rings. The molecule has 130 valence electrons. The summed E-state index contributed by atoms with van der Waals surface area (Å²) >= 11 is 0. The maximum Gasteiger partial charge on any atom is 0.335 e. The molecule has 1 aromatic carbocycles. The highest BCUT2D eigenvalue weighted by Crippen LogP contribution is 2.17. The van der Waals surface area contributed by atoms with Crippen molar-refractivity contribution in [1.82, 2.24) is 0 Å². The topological polar surface area (TPSA) is 55.8 Å². The summed E-state index contributed by atoms with van der Waals surface area (Å²) < 4.78 is 11.3. The molecular weight excluding hydrogens is 292 g/mol. The molecule has 0 aromatic heterocycles. The highest BCUT2D eigenvalue weighted by molar-refractivity contribution is 5.75. The number of aromatic hydroxyl groups is 1. The minimum absolute atomic E-state index is 0.00357. The first kappa shape index (κ1) is 19.5. The lowest BCUT2D eigenvalue weighted by molar-refractivity contribution is -0.161. The zero-order valence-corrected chi connectivity index (χ0v) is 14.7. The van der Waals surface area contributed by atoms with Crippen LogP contribution in [0.3, 0.4) is 0 Å². The molecule has 0 spiro atoms. The summed E-state index contributed by atoms with van der Waals surface area (Å²) in [5.74, 6) is 0.152. The van der Waals surface area contributed by atoms with Crippen molar-refractivity contribution < 1.29 is 19.4 Å². The van der Waals surface area contributed by atoms with E-state index >= 15 is 0 Å². The van der Waals surface area contributed by atoms with Gasteiger partial charge in [-0.2, -0.15) is 0 Å². The summed E-state index contributed by atoms with van der Waals surface area (Å²) in [6, 6.07) is 6.91. The molecule has 0 radical (unpaired) electrons. The van der Waals surface area contributed by atoms with Crippen LogP contribution in [0.2, 0.25) is 0 Å². The van der Waals surface area contributed by atoms with E-state index in [1.54, 1.807) is 18.2 Å². The molecule has 0 heterocycles. The quantitative estimate of drug-likeness (QED) is 0.659. The van der Waals surface area contributed by atoms with Crippen LogP contribution in [-0.4, -0.2) is 29.9 Å². The van der Waals surface area contributed by atoms with Gasteiger partial charge in [0.1, 0.15) is 5.75 Å². The molecule has 4 heteroatoms. The molecule has 2 atom stereocenters. The van der Waals surface area contributed by atoms with Crippen LogP contribution in [-0.2, 0) is 20.7 Å². The van der Waals surface area contributed by atoms with Crippen molar-refractivity contribution in [2.45, 2.75) is 65.6 Å². The molecule has 1 N–H and O–H groups in total. The summed E-state index contributed by atoms with van der Waals surface area (Å²) in [7, 11) is 0. The predicted molar refractivity (Wildman–Crippen MR) is 91.5 cm³/mol. The minimum Gasteiger partial charge on any atom is -0.508 e. The van der Waals surface area contributed by atoms with Crippen LogP contribution in [0.4, 0.5) is 0 Å². The van der Waals surface area contributed by atoms with Crippen molar-refractivity contribution in [3.63, 3.8) is 0 Å². The van der Waals surface area contributed by atoms with Crippen molar-refractivity contribution in [3.05, 3.63) is 29.8 Å². The van der Waals surface area contributed by atoms with E-state index in [4.69, 9.17) is 9.47 Å². The SMILES string of the molecule is CCCCC(C)OC(Cc1cccc(O)c1)C(=O)OCC(C)C. The lowest BCUT2D eigenvalue weighted by Crippen LogP contribution is -2.33. The van der Waals surface area contributed by atoms with Crippen LogP contribution >= 0.6 is 0 Å². The van der Waals surface area contributed by atoms with Gasteiger partial charge in [0.25, 0.3) is 0 Å². The van der Waals surface area contributed by atoms with Crippen LogP contribution in [0.25, 0.3) is 0 Å². The number of unbranched alkanes of at least 4 members (excludes halogenated alkanes) is 1. The number of carbonyl (C=O) groups excluding carboxylic acids is 1. The third-order valence-corrected chi connectivity index (χ3v) is 3.51. The molecule has 2 unspecified atom stereocenters. The Morgan fingerprint density at radius 1 is 1.26 bits per heavy atom. The van der Waals surface area contributed by atoms with Crippen LogP contribution in [0, 0.1) is 5.92 Å². The third kappa shape index (κ3) is 8.03. The predicted octanol–water partition coefficient (Wildman–Crippen LogP) is 4.10. The molecule has 0 aliphatic carbocycles. The van der Waals surface area contributed by atoms with Gasteiger partial charge in [0.15, 0.2) is 6.10 Å². The fraction of sp³-hybridized carbons (Fsp3) is 0.632. The Labute approximate surface area is 139 Å². The van der Waals surface area contributed by atoms with Gasteiger partial charge in [0.2, 0.25) is 0 Å². The molecule has 0 aliphatic heterocycles. The van der Waals surface area contributed by atoms with E-state index < -0.39 is 6.10 Å². The number of rotatable bonds is 10. The summed E-state index contributed by atoms with van der Waals surface area (Å²) in [6.45, 7) is 8.52. The number of esters is 1. The maximum atomic E-state index is 12.3. The molecule has 23 heavy (non-hydrogen) atoms. The molecule has 0 fully saturated rings. The van der Waals surface area contributed by atoms with E-state index in [-0.39, 0.29) is 23.7 Å². The van der Waals surface area contributed by atoms with Gasteiger partial charge in [0.05, 0.1) is 12.7 Å². The van der Waals surface area contributed by atoms with Gasteiger partial charge in [-0.25, -0.2) is 4.79 Å². The Kier molecular flexibility index (Phi) is 8.70. The Bertz CT molecular complexity index is 470. The lowest BCUT2D eigenvalue weighted by atomic mass is 10.1. The van der Waals surface area contributed by atoms with Gasteiger partial charge in [-0.05, 0) is 37.0 Å². The fourth-order valence-corrected chi connectivity index (χ4v) is 2.27. The molecular formula is C19H30O4. The van der Waals surface area contributed by atoms with Gasteiger partial charge in [-0.15, -0.1) is 0 Å². The summed E-state index contributed by atoms with van der Waals surface area (Å²) in [4.78, 5) is 12.3. The van der Waals surface area contributed by atoms with E-state index in [0.29, 0.717) is 13.0 Å². The molecule has 1 rings (SSSR count). The Morgan fingerprint density at radius 3 is 2.61 bits per heavy atom. The van der Waals surface area contributed by atoms with Gasteiger partial charge >= 0.3 is 5.97 Å². The molecule has 0 saturated carbocycles. The molecule has 0 saturated heterocycles. The fourth-order valence-electron chi connectivity index (χ4n) is 2.27. The zero-order valence-electron chi connectivity index (χ0n) is 14.7. The van der Waals surface area contributed by atoms with Gasteiger partial charge in [0, 0.05) is 6.42 Å². The highest BCUT2D eigenvalue weighted by atomic mass is 16.6. The van der Waals surface area contributed by atoms with E-state index in [1.807, 2.05) is 26.8 Å². The smallest absolute Gasteiger partial charge is 0.335 e. The average Bonchev–Trinajstić information content (AvgIpc) is 2.50. The number of phenolic OH excluding ortho intramolecular Hbond substituents is 1. The van der Waals surface area contributed by atoms with E-state index in [0.717, 1.165) is 24.8 Å². The summed E-state index contributed by atoms with van der Waals surface area (Å²) in [5.41, 5.74) is 0.860. The van der Waals surface area contributed by atoms with Gasteiger partial charge in [-0.3, -0.25) is 0 Å². The second kappa shape index (κ2) is 10.3. The Balaban J connectivity index is 2.72. The Morgan fingerprint density at radius 2 is 2.00 bits per heavy atom. The summed E-state index contributed by atoms with van der Waals surface area (Å²) in [6.07, 6.45) is 2.86. The number of hydrogen-bond acceptors (Lipinski definition) is 4. The number of benzene rings is 1. The van der Waals surface area contributed by atoms with Crippen molar-refractivity contribution in [3.8, 4) is 5.75 Å². The van der Waals surface area contributed by atoms with Crippen LogP contribution in [0.5, 0.6) is 5.75 Å². The van der Waals surface area contributed by atoms with E-state index in [2.05, 4.69) is 6.92 Å². The molecule has 0 bridgehead atoms. The number of ether oxygens (including phenoxy) is 2. The maximum absolute atomic E-state index is 12.3. The van der Waals surface area contributed by atoms with Crippen molar-refractivity contribution in [2.75, 3.05) is 6.61 Å². The van der Waals surface area contributed by atoms with Crippen molar-refractivity contribution in [2.24, 2.45) is 5.92 Å². The molecule has 4 nitrogen and oxygen atoms in total. The zero-order chi connectivity index (χ0) is 17.2. The van der Waals surface area contributed by atoms with Crippen LogP contribution < -0.4 is 0 Å². The first-order valence-corrected chi connectivity index (χ1v) is 8.52. The Hall–Kier alpha value is -1.55. The lowest BCUT2D eigenvalue weighted by Gasteiger charge is -2.22. The minimum atomic E-state index is -0.637. The van der Waals surface area contributed by atoms with Crippen LogP contribution in [0.15, 0.2) is 24.3 Å². The number of carbonyl (C=O) groups is 1. The van der Waals surface area contributed by atoms with E-state index in [1.165, 1.54) is 0 Å². The normalized spacial score (nSPS) is 13.8. The third-order valence-electron chi connectivity index (χ3n) is 3.51. The first-order chi connectivity index (χ1) is 10.9. The van der Waals surface area contributed by atoms with E-state index in [9.17, 15) is 9.90 Å². The van der Waals surface area contributed by atoms with Gasteiger partial charge < -0.3 is 14.6 Å². The highest BCUT2D eigenvalue weighted by Gasteiger charge is 2.24. The van der Waals surface area contributed by atoms with Crippen LogP contribution in [0.1, 0.15) is 52.5 Å². The first-order valence-electron chi connectivity index (χ1n) is 8.52. The molecule has 1 aromatic rings. The largest absolute Gasteiger partial charge is 0.508 e. The standard InChI is InChI=1S/C19H30O4/c1-5-6-8-15(4)23-18(19(21)22-13-14(2)3)12-16-9-7-10-17(20)11-16/h7,9-11,14-15,18,20H,5-6,8,12-13H2,1-4H3. The van der Waals surface area contributed by atoms with Crippen molar-refractivity contribution >= 4 is 5.97 Å². The number of hydrogen-bond donors (Lipinski definition) is 1. The monoisotopic (exact) mass is 322 g/mol. The van der Waals surface area contributed by atoms with Crippen molar-refractivity contribution in [1.29, 1.82) is 0 Å². The summed E-state index contributed by atoms with van der Waals surface area (Å²) in [5, 5.41) is 9.58. The average molecular weight is 322 g/mol. The second-order valence-corrected chi connectivity index (χ2v) is 6.48. The molecule has 0 amide bonds. The number of phenols is 1. The van der Waals surface area contributed by atoms with Gasteiger partial charge in [-0.1, -0.05) is 45.7 Å². The second-order valence-electron chi connectivity index (χ2n) is 6.48.